The summed E-state index contributed by atoms with van der Waals surface area (Å²) in [5.41, 5.74) is 0.0943. The minimum Gasteiger partial charge on any atom is -0.349 e. The topological polar surface area (TPSA) is 47.6 Å². The van der Waals surface area contributed by atoms with Crippen LogP contribution in [0.1, 0.15) is 53.4 Å². The van der Waals surface area contributed by atoms with E-state index >= 15 is 0 Å². The summed E-state index contributed by atoms with van der Waals surface area (Å²) in [7, 11) is 0. The van der Waals surface area contributed by atoms with Crippen LogP contribution in [-0.4, -0.2) is 52.2 Å². The smallest absolute Gasteiger partial charge is 0.241 e. The molecule has 2 saturated heterocycles. The maximum atomic E-state index is 14.0. The number of para-hydroxylation sites is 1. The second-order valence-corrected chi connectivity index (χ2v) is 9.60. The van der Waals surface area contributed by atoms with Gasteiger partial charge in [-0.3, -0.25) is 10.1 Å². The highest BCUT2D eigenvalue weighted by atomic mass is 32.1. The molecule has 0 radical (unpaired) electrons. The Labute approximate surface area is 185 Å². The van der Waals surface area contributed by atoms with Crippen LogP contribution in [0.5, 0.6) is 0 Å². The average Bonchev–Trinajstić information content (AvgIpc) is 2.94. The van der Waals surface area contributed by atoms with Gasteiger partial charge in [0.1, 0.15) is 5.82 Å². The number of rotatable bonds is 6. The summed E-state index contributed by atoms with van der Waals surface area (Å²) in [6, 6.07) is 6.45. The van der Waals surface area contributed by atoms with E-state index in [-0.39, 0.29) is 23.4 Å². The number of halogens is 1. The van der Waals surface area contributed by atoms with Crippen molar-refractivity contribution in [3.05, 3.63) is 30.1 Å². The van der Waals surface area contributed by atoms with Gasteiger partial charge < -0.3 is 15.1 Å². The van der Waals surface area contributed by atoms with Crippen molar-refractivity contribution in [3.63, 3.8) is 0 Å². The van der Waals surface area contributed by atoms with Gasteiger partial charge in [0, 0.05) is 32.5 Å². The summed E-state index contributed by atoms with van der Waals surface area (Å²) in [6.45, 7) is 10.9. The normalized spacial score (nSPS) is 22.1. The number of benzene rings is 1. The van der Waals surface area contributed by atoms with Gasteiger partial charge in [0.05, 0.1) is 17.4 Å². The van der Waals surface area contributed by atoms with Gasteiger partial charge in [-0.15, -0.1) is 0 Å². The molecule has 2 heterocycles. The van der Waals surface area contributed by atoms with E-state index in [0.29, 0.717) is 22.6 Å². The molecule has 2 N–H and O–H groups in total. The Morgan fingerprint density at radius 3 is 2.57 bits per heavy atom. The van der Waals surface area contributed by atoms with E-state index in [9.17, 15) is 9.18 Å². The van der Waals surface area contributed by atoms with E-state index in [1.54, 1.807) is 18.2 Å². The van der Waals surface area contributed by atoms with Crippen LogP contribution in [0.3, 0.4) is 0 Å². The molecule has 0 unspecified atom stereocenters. The lowest BCUT2D eigenvalue weighted by Crippen LogP contribution is -2.60. The van der Waals surface area contributed by atoms with Crippen LogP contribution in [0.4, 0.5) is 10.1 Å². The molecule has 0 aliphatic carbocycles. The minimum absolute atomic E-state index is 0.107. The third-order valence-corrected chi connectivity index (χ3v) is 6.78. The van der Waals surface area contributed by atoms with Crippen LogP contribution in [0.15, 0.2) is 24.3 Å². The fourth-order valence-electron chi connectivity index (χ4n) is 4.45. The number of carbonyl (C=O) groups is 1. The molecule has 166 valence electrons. The Bertz CT molecular complexity index is 763. The molecule has 7 heteroatoms. The standard InChI is InChI=1S/C23H35FN4OS/c1-5-17(4)15-28-21(29)20(14-16(2)3)26-23(28)10-12-27(13-11-23)22(30)25-19-9-7-6-8-18(19)24/h6-9,16-17,20,26H,5,10-15H2,1-4H3,(H,25,30)/t17-,20-/m1/s1. The van der Waals surface area contributed by atoms with Gasteiger partial charge in [-0.25, -0.2) is 4.39 Å². The predicted molar refractivity (Wildman–Crippen MR) is 124 cm³/mol. The van der Waals surface area contributed by atoms with Gasteiger partial charge in [0.15, 0.2) is 5.11 Å². The lowest BCUT2D eigenvalue weighted by atomic mass is 9.94. The molecule has 0 aromatic heterocycles. The summed E-state index contributed by atoms with van der Waals surface area (Å²) in [6.07, 6.45) is 3.53. The lowest BCUT2D eigenvalue weighted by molar-refractivity contribution is -0.134. The summed E-state index contributed by atoms with van der Waals surface area (Å²) in [4.78, 5) is 17.4. The molecule has 1 amide bonds. The van der Waals surface area contributed by atoms with Crippen molar-refractivity contribution in [2.75, 3.05) is 25.0 Å². The first-order valence-electron chi connectivity index (χ1n) is 11.2. The van der Waals surface area contributed by atoms with Crippen molar-refractivity contribution in [1.82, 2.24) is 15.1 Å². The number of nitrogens with zero attached hydrogens (tertiary/aromatic N) is 2. The molecule has 30 heavy (non-hydrogen) atoms. The van der Waals surface area contributed by atoms with Crippen LogP contribution in [-0.2, 0) is 4.79 Å². The number of hydrogen-bond donors (Lipinski definition) is 2. The fraction of sp³-hybridized carbons (Fsp3) is 0.652. The highest BCUT2D eigenvalue weighted by molar-refractivity contribution is 7.80. The Kier molecular flexibility index (Phi) is 7.34. The van der Waals surface area contributed by atoms with Crippen molar-refractivity contribution >= 4 is 28.9 Å². The number of hydrogen-bond acceptors (Lipinski definition) is 3. The molecule has 0 saturated carbocycles. The predicted octanol–water partition coefficient (Wildman–Crippen LogP) is 4.21. The number of thiocarbonyl (C=S) groups is 1. The maximum absolute atomic E-state index is 14.0. The highest BCUT2D eigenvalue weighted by Gasteiger charge is 2.51. The third-order valence-electron chi connectivity index (χ3n) is 6.42. The molecule has 3 rings (SSSR count). The Morgan fingerprint density at radius 1 is 1.30 bits per heavy atom. The van der Waals surface area contributed by atoms with E-state index in [0.717, 1.165) is 45.3 Å². The van der Waals surface area contributed by atoms with Gasteiger partial charge in [-0.2, -0.15) is 0 Å². The SMILES string of the molecule is CC[C@@H](C)CN1C(=O)[C@@H](CC(C)C)NC12CCN(C(=S)Nc1ccccc1F)CC2. The van der Waals surface area contributed by atoms with Crippen molar-refractivity contribution in [1.29, 1.82) is 0 Å². The van der Waals surface area contributed by atoms with E-state index in [1.807, 2.05) is 0 Å². The van der Waals surface area contributed by atoms with E-state index < -0.39 is 0 Å². The van der Waals surface area contributed by atoms with E-state index in [2.05, 4.69) is 48.1 Å². The monoisotopic (exact) mass is 434 g/mol. The maximum Gasteiger partial charge on any atom is 0.241 e. The molecule has 2 aliphatic heterocycles. The van der Waals surface area contributed by atoms with Crippen molar-refractivity contribution < 1.29 is 9.18 Å². The Morgan fingerprint density at radius 2 is 1.97 bits per heavy atom. The zero-order chi connectivity index (χ0) is 21.9. The third kappa shape index (κ3) is 4.94. The number of amides is 1. The van der Waals surface area contributed by atoms with Crippen LogP contribution >= 0.6 is 12.2 Å². The number of likely N-dealkylation sites (tertiary alicyclic amines) is 1. The first kappa shape index (κ1) is 22.9. The quantitative estimate of drug-likeness (QED) is 0.657. The van der Waals surface area contributed by atoms with Crippen molar-refractivity contribution in [2.45, 2.75) is 65.1 Å². The molecule has 2 fully saturated rings. The lowest BCUT2D eigenvalue weighted by Gasteiger charge is -2.46. The number of piperidine rings is 1. The van der Waals surface area contributed by atoms with Crippen molar-refractivity contribution in [2.24, 2.45) is 11.8 Å². The molecule has 1 aromatic rings. The highest BCUT2D eigenvalue weighted by Crippen LogP contribution is 2.35. The van der Waals surface area contributed by atoms with Crippen LogP contribution < -0.4 is 10.6 Å². The number of carbonyl (C=O) groups excluding carboxylic acids is 1. The fourth-order valence-corrected chi connectivity index (χ4v) is 4.74. The second-order valence-electron chi connectivity index (χ2n) is 9.22. The van der Waals surface area contributed by atoms with Crippen LogP contribution in [0.2, 0.25) is 0 Å². The zero-order valence-electron chi connectivity index (χ0n) is 18.6. The summed E-state index contributed by atoms with van der Waals surface area (Å²) in [5, 5.41) is 7.28. The van der Waals surface area contributed by atoms with Gasteiger partial charge in [0.25, 0.3) is 0 Å². The second kappa shape index (κ2) is 9.60. The molecule has 0 bridgehead atoms. The molecule has 1 spiro atoms. The summed E-state index contributed by atoms with van der Waals surface area (Å²) >= 11 is 5.55. The summed E-state index contributed by atoms with van der Waals surface area (Å²) < 4.78 is 14.0. The number of nitrogens with one attached hydrogen (secondary N) is 2. The summed E-state index contributed by atoms with van der Waals surface area (Å²) in [5.74, 6) is 0.856. The van der Waals surface area contributed by atoms with Crippen LogP contribution in [0.25, 0.3) is 0 Å². The van der Waals surface area contributed by atoms with E-state index in [4.69, 9.17) is 12.2 Å². The molecule has 5 nitrogen and oxygen atoms in total. The first-order chi connectivity index (χ1) is 14.3. The average molecular weight is 435 g/mol. The largest absolute Gasteiger partial charge is 0.349 e. The Hall–Kier alpha value is -1.73. The molecular formula is C23H35FN4OS. The molecule has 1 aromatic carbocycles. The van der Waals surface area contributed by atoms with Gasteiger partial charge in [-0.05, 0) is 42.6 Å². The van der Waals surface area contributed by atoms with Crippen molar-refractivity contribution in [3.8, 4) is 0 Å². The molecule has 2 atom stereocenters. The molecule has 2 aliphatic rings. The van der Waals surface area contributed by atoms with Gasteiger partial charge in [-0.1, -0.05) is 46.2 Å². The van der Waals surface area contributed by atoms with Gasteiger partial charge >= 0.3 is 0 Å². The van der Waals surface area contributed by atoms with E-state index in [1.165, 1.54) is 6.07 Å². The van der Waals surface area contributed by atoms with Crippen LogP contribution in [0, 0.1) is 17.7 Å². The zero-order valence-corrected chi connectivity index (χ0v) is 19.4. The number of anilines is 1. The first-order valence-corrected chi connectivity index (χ1v) is 11.6. The molecular weight excluding hydrogens is 399 g/mol. The minimum atomic E-state index is -0.312. The Balaban J connectivity index is 1.69. The van der Waals surface area contributed by atoms with Gasteiger partial charge in [0.2, 0.25) is 5.91 Å².